The summed E-state index contributed by atoms with van der Waals surface area (Å²) in [6, 6.07) is 0. The third-order valence-corrected chi connectivity index (χ3v) is 8.23. The molecule has 3 rings (SSSR count). The number of hydrogen-bond donors (Lipinski definition) is 3. The molecule has 3 N–H and O–H groups in total. The second-order valence-corrected chi connectivity index (χ2v) is 12.8. The van der Waals surface area contributed by atoms with Crippen molar-refractivity contribution in [2.75, 3.05) is 7.11 Å². The first-order valence-electron chi connectivity index (χ1n) is 18.5. The lowest BCUT2D eigenvalue weighted by Crippen LogP contribution is -1.92. The van der Waals surface area contributed by atoms with E-state index in [1.54, 1.807) is 0 Å². The minimum Gasteiger partial charge on any atom is -0.478 e. The van der Waals surface area contributed by atoms with Gasteiger partial charge in [-0.1, -0.05) is 206 Å². The molecular weight excluding hydrogens is 548 g/mol. The van der Waals surface area contributed by atoms with Crippen LogP contribution in [0.1, 0.15) is 206 Å². The fraction of sp³-hybridized carbons (Fsp3) is 0.846. The molecule has 0 heterocycles. The first-order chi connectivity index (χ1) is 21.3. The Balaban J connectivity index is -0.000000479. The maximum Gasteiger partial charge on any atom is 0.330 e. The average Bonchev–Trinajstić information content (AvgIpc) is 3.04. The number of rotatable bonds is 2. The van der Waals surface area contributed by atoms with Gasteiger partial charge in [-0.05, 0) is 13.8 Å². The molecule has 0 unspecified atom stereocenters. The van der Waals surface area contributed by atoms with Crippen LogP contribution < -0.4 is 0 Å². The lowest BCUT2D eigenvalue weighted by molar-refractivity contribution is -0.133. The Morgan fingerprint density at radius 3 is 0.386 bits per heavy atom. The highest BCUT2D eigenvalue weighted by Crippen LogP contribution is 2.17. The lowest BCUT2D eigenvalue weighted by atomic mass is 10.0. The van der Waals surface area contributed by atoms with Gasteiger partial charge in [0.15, 0.2) is 0 Å². The van der Waals surface area contributed by atoms with E-state index in [-0.39, 0.29) is 11.1 Å². The minimum absolute atomic E-state index is 0.176. The largest absolute Gasteiger partial charge is 0.478 e. The molecule has 3 aliphatic rings. The van der Waals surface area contributed by atoms with Crippen molar-refractivity contribution in [1.82, 2.24) is 0 Å². The summed E-state index contributed by atoms with van der Waals surface area (Å²) in [4.78, 5) is 19.2. The molecule has 0 bridgehead atoms. The molecule has 3 fully saturated rings. The van der Waals surface area contributed by atoms with Crippen LogP contribution in [0.25, 0.3) is 0 Å². The van der Waals surface area contributed by atoms with Gasteiger partial charge in [-0.3, -0.25) is 0 Å². The Kier molecular flexibility index (Phi) is 44.0. The zero-order valence-corrected chi connectivity index (χ0v) is 29.8. The molecule has 0 aromatic rings. The maximum atomic E-state index is 9.60. The summed E-state index contributed by atoms with van der Waals surface area (Å²) in [7, 11) is 1.00. The van der Waals surface area contributed by atoms with E-state index >= 15 is 0 Å². The summed E-state index contributed by atoms with van der Waals surface area (Å²) < 4.78 is 0. The summed E-state index contributed by atoms with van der Waals surface area (Å²) in [5.41, 5.74) is 0.352. The second kappa shape index (κ2) is 41.4. The number of aliphatic hydroxyl groups is 1. The maximum absolute atomic E-state index is 9.60. The van der Waals surface area contributed by atoms with E-state index < -0.39 is 11.9 Å². The van der Waals surface area contributed by atoms with Crippen LogP contribution in [0.5, 0.6) is 0 Å². The number of aliphatic hydroxyl groups excluding tert-OH is 1. The molecule has 0 spiro atoms. The number of aliphatic carboxylic acids is 2. The molecule has 5 heteroatoms. The second-order valence-electron chi connectivity index (χ2n) is 12.8. The van der Waals surface area contributed by atoms with Crippen LogP contribution >= 0.6 is 0 Å². The standard InChI is InChI=1S/3C10H20.2C4H6O2.CH4O/c3*1-2-4-6-8-10-9-7-5-3-1;2*1-3(2)4(5)6;1-2/h3*1-10H2;2*1H2,2H3,(H,5,6);2H,1H3. The van der Waals surface area contributed by atoms with Gasteiger partial charge in [0.1, 0.15) is 0 Å². The van der Waals surface area contributed by atoms with Crippen molar-refractivity contribution in [2.24, 2.45) is 0 Å². The van der Waals surface area contributed by atoms with Crippen LogP contribution in [-0.4, -0.2) is 34.4 Å². The molecule has 5 nitrogen and oxygen atoms in total. The van der Waals surface area contributed by atoms with Crippen LogP contribution in [0.3, 0.4) is 0 Å². The monoisotopic (exact) mass is 625 g/mol. The lowest BCUT2D eigenvalue weighted by Gasteiger charge is -2.05. The molecule has 0 radical (unpaired) electrons. The van der Waals surface area contributed by atoms with Crippen LogP contribution in [0.2, 0.25) is 0 Å². The Morgan fingerprint density at radius 2 is 0.364 bits per heavy atom. The Bertz CT molecular complexity index is 433. The molecule has 0 saturated heterocycles. The van der Waals surface area contributed by atoms with E-state index in [4.69, 9.17) is 15.3 Å². The third kappa shape index (κ3) is 47.3. The summed E-state index contributed by atoms with van der Waals surface area (Å²) in [5, 5.41) is 22.8. The van der Waals surface area contributed by atoms with Crippen LogP contribution in [-0.2, 0) is 9.59 Å². The smallest absolute Gasteiger partial charge is 0.330 e. The molecule has 3 aliphatic carbocycles. The third-order valence-electron chi connectivity index (χ3n) is 8.23. The van der Waals surface area contributed by atoms with E-state index in [0.29, 0.717) is 0 Å². The topological polar surface area (TPSA) is 94.8 Å². The van der Waals surface area contributed by atoms with Crippen molar-refractivity contribution < 1.29 is 24.9 Å². The molecule has 0 aliphatic heterocycles. The van der Waals surface area contributed by atoms with Gasteiger partial charge in [0, 0.05) is 18.3 Å². The van der Waals surface area contributed by atoms with Gasteiger partial charge < -0.3 is 15.3 Å². The van der Waals surface area contributed by atoms with E-state index in [9.17, 15) is 9.59 Å². The molecule has 262 valence electrons. The molecule has 0 amide bonds. The van der Waals surface area contributed by atoms with E-state index in [0.717, 1.165) is 7.11 Å². The summed E-state index contributed by atoms with van der Waals surface area (Å²) in [5.74, 6) is -1.87. The van der Waals surface area contributed by atoms with Crippen molar-refractivity contribution in [3.8, 4) is 0 Å². The van der Waals surface area contributed by atoms with Crippen LogP contribution in [0, 0.1) is 0 Å². The van der Waals surface area contributed by atoms with Crippen molar-refractivity contribution in [3.05, 3.63) is 24.3 Å². The zero-order valence-electron chi connectivity index (χ0n) is 29.8. The van der Waals surface area contributed by atoms with Gasteiger partial charge in [-0.2, -0.15) is 0 Å². The quantitative estimate of drug-likeness (QED) is 0.266. The number of carbonyl (C=O) groups is 2. The molecule has 0 aromatic carbocycles. The first-order valence-corrected chi connectivity index (χ1v) is 18.5. The van der Waals surface area contributed by atoms with Crippen LogP contribution in [0.4, 0.5) is 0 Å². The van der Waals surface area contributed by atoms with Crippen molar-refractivity contribution >= 4 is 11.9 Å². The van der Waals surface area contributed by atoms with Gasteiger partial charge in [-0.25, -0.2) is 9.59 Å². The SMILES string of the molecule is C1CCCCCCCCC1.C1CCCCCCCCC1.C1CCCCCCCCC1.C=C(C)C(=O)O.C=C(C)C(=O)O.CO. The zero-order chi connectivity index (χ0) is 33.5. The predicted molar refractivity (Wildman–Crippen MR) is 192 cm³/mol. The van der Waals surface area contributed by atoms with Gasteiger partial charge >= 0.3 is 11.9 Å². The molecule has 44 heavy (non-hydrogen) atoms. The van der Waals surface area contributed by atoms with E-state index in [2.05, 4.69) is 13.2 Å². The van der Waals surface area contributed by atoms with Crippen molar-refractivity contribution in [1.29, 1.82) is 0 Å². The molecule has 0 aromatic heterocycles. The van der Waals surface area contributed by atoms with Gasteiger partial charge in [0.25, 0.3) is 0 Å². The highest BCUT2D eigenvalue weighted by Gasteiger charge is 1.98. The number of carboxylic acids is 2. The normalized spacial score (nSPS) is 18.5. The van der Waals surface area contributed by atoms with E-state index in [1.807, 2.05) is 0 Å². The summed E-state index contributed by atoms with van der Waals surface area (Å²) >= 11 is 0. The average molecular weight is 625 g/mol. The predicted octanol–water partition coefficient (Wildman–Crippen LogP) is 12.6. The van der Waals surface area contributed by atoms with Gasteiger partial charge in [0.05, 0.1) is 0 Å². The van der Waals surface area contributed by atoms with Gasteiger partial charge in [0.2, 0.25) is 0 Å². The van der Waals surface area contributed by atoms with Gasteiger partial charge in [-0.15, -0.1) is 0 Å². The summed E-state index contributed by atoms with van der Waals surface area (Å²) in [6.07, 6.45) is 45.0. The fourth-order valence-corrected chi connectivity index (χ4v) is 5.30. The molecule has 3 saturated carbocycles. The summed E-state index contributed by atoms with van der Waals surface area (Å²) in [6.45, 7) is 9.20. The molecular formula is C39H76O5. The number of hydrogen-bond acceptors (Lipinski definition) is 3. The highest BCUT2D eigenvalue weighted by molar-refractivity contribution is 5.85. The molecule has 0 atom stereocenters. The Morgan fingerprint density at radius 1 is 0.318 bits per heavy atom. The first kappa shape index (κ1) is 46.8. The Labute approximate surface area is 274 Å². The number of carboxylic acid groups (broad SMARTS) is 2. The fourth-order valence-electron chi connectivity index (χ4n) is 5.30. The van der Waals surface area contributed by atoms with E-state index in [1.165, 1.54) is 206 Å². The minimum atomic E-state index is -0.935. The Hall–Kier alpha value is -1.62. The highest BCUT2D eigenvalue weighted by atomic mass is 16.4. The van der Waals surface area contributed by atoms with Crippen molar-refractivity contribution in [3.63, 3.8) is 0 Å². The van der Waals surface area contributed by atoms with Crippen molar-refractivity contribution in [2.45, 2.75) is 206 Å². The van der Waals surface area contributed by atoms with Crippen LogP contribution in [0.15, 0.2) is 24.3 Å².